The molecule has 0 atom stereocenters. The molecule has 92 valence electrons. The van der Waals surface area contributed by atoms with Crippen molar-refractivity contribution >= 4 is 23.0 Å². The molecule has 0 radical (unpaired) electrons. The lowest BCUT2D eigenvalue weighted by atomic mass is 10.2. The highest BCUT2D eigenvalue weighted by Crippen LogP contribution is 2.40. The van der Waals surface area contributed by atoms with Crippen molar-refractivity contribution in [1.82, 2.24) is 0 Å². The number of nitrogen functional groups attached to an aromatic ring is 1. The van der Waals surface area contributed by atoms with Crippen molar-refractivity contribution in [2.45, 2.75) is 31.7 Å². The van der Waals surface area contributed by atoms with Gasteiger partial charge in [-0.2, -0.15) is 0 Å². The molecule has 0 bridgehead atoms. The van der Waals surface area contributed by atoms with Gasteiger partial charge in [0.15, 0.2) is 0 Å². The van der Waals surface area contributed by atoms with E-state index in [1.165, 1.54) is 31.7 Å². The van der Waals surface area contributed by atoms with Crippen molar-refractivity contribution in [3.05, 3.63) is 23.0 Å². The highest BCUT2D eigenvalue weighted by molar-refractivity contribution is 6.31. The maximum Gasteiger partial charge on any atom is 0.143 e. The Morgan fingerprint density at radius 3 is 2.59 bits per heavy atom. The third kappa shape index (κ3) is 2.34. The number of anilines is 2. The molecule has 2 saturated carbocycles. The summed E-state index contributed by atoms with van der Waals surface area (Å²) in [6.07, 6.45) is 5.03. The number of halogens is 2. The maximum absolute atomic E-state index is 13.3. The van der Waals surface area contributed by atoms with Crippen LogP contribution in [0.1, 0.15) is 25.7 Å². The first-order valence-electron chi connectivity index (χ1n) is 6.16. The summed E-state index contributed by atoms with van der Waals surface area (Å²) in [6.45, 7) is 1.04. The normalized spacial score (nSPS) is 19.4. The summed E-state index contributed by atoms with van der Waals surface area (Å²) in [5.74, 6) is 0.355. The minimum Gasteiger partial charge on any atom is -0.397 e. The molecule has 2 fully saturated rings. The molecule has 4 heteroatoms. The van der Waals surface area contributed by atoms with E-state index >= 15 is 0 Å². The Hall–Kier alpha value is -0.960. The van der Waals surface area contributed by atoms with Gasteiger partial charge in [-0.25, -0.2) is 4.39 Å². The van der Waals surface area contributed by atoms with E-state index in [0.29, 0.717) is 11.7 Å². The van der Waals surface area contributed by atoms with Gasteiger partial charge in [0.2, 0.25) is 0 Å². The van der Waals surface area contributed by atoms with Crippen LogP contribution in [-0.2, 0) is 0 Å². The van der Waals surface area contributed by atoms with Gasteiger partial charge in [-0.1, -0.05) is 11.6 Å². The summed E-state index contributed by atoms with van der Waals surface area (Å²) in [6, 6.07) is 3.59. The predicted octanol–water partition coefficient (Wildman–Crippen LogP) is 3.44. The Kier molecular flexibility index (Phi) is 2.66. The zero-order valence-electron chi connectivity index (χ0n) is 9.63. The van der Waals surface area contributed by atoms with Crippen LogP contribution >= 0.6 is 11.6 Å². The van der Waals surface area contributed by atoms with Crippen LogP contribution in [0, 0.1) is 11.7 Å². The number of hydrogen-bond donors (Lipinski definition) is 1. The Bertz CT molecular complexity index is 441. The second-order valence-electron chi connectivity index (χ2n) is 5.15. The zero-order chi connectivity index (χ0) is 12.0. The van der Waals surface area contributed by atoms with E-state index in [-0.39, 0.29) is 5.02 Å². The standard InChI is InChI=1S/C13H16ClFN2/c14-10-5-13(12(16)6-11(10)15)17(9-3-4-9)7-8-1-2-8/h5-6,8-9H,1-4,7,16H2. The first kappa shape index (κ1) is 11.1. The largest absolute Gasteiger partial charge is 0.397 e. The lowest BCUT2D eigenvalue weighted by molar-refractivity contribution is 0.628. The summed E-state index contributed by atoms with van der Waals surface area (Å²) in [7, 11) is 0. The van der Waals surface area contributed by atoms with E-state index in [1.54, 1.807) is 6.07 Å². The van der Waals surface area contributed by atoms with Crippen molar-refractivity contribution in [1.29, 1.82) is 0 Å². The number of hydrogen-bond acceptors (Lipinski definition) is 2. The minimum atomic E-state index is -0.435. The lowest BCUT2D eigenvalue weighted by Gasteiger charge is -2.26. The van der Waals surface area contributed by atoms with Gasteiger partial charge in [0.05, 0.1) is 16.4 Å². The van der Waals surface area contributed by atoms with Gasteiger partial charge in [0.1, 0.15) is 5.82 Å². The number of nitrogens with zero attached hydrogens (tertiary/aromatic N) is 1. The predicted molar refractivity (Wildman–Crippen MR) is 68.9 cm³/mol. The molecule has 1 aromatic rings. The highest BCUT2D eigenvalue weighted by Gasteiger charge is 2.34. The van der Waals surface area contributed by atoms with Crippen LogP contribution in [0.25, 0.3) is 0 Å². The molecule has 2 aliphatic carbocycles. The number of rotatable bonds is 4. The second kappa shape index (κ2) is 4.05. The highest BCUT2D eigenvalue weighted by atomic mass is 35.5. The molecule has 2 aliphatic rings. The average Bonchev–Trinajstić information content (AvgIpc) is 3.14. The minimum absolute atomic E-state index is 0.163. The van der Waals surface area contributed by atoms with Crippen molar-refractivity contribution in [2.75, 3.05) is 17.2 Å². The maximum atomic E-state index is 13.3. The molecular formula is C13H16ClFN2. The first-order chi connectivity index (χ1) is 8.15. The molecule has 0 aromatic heterocycles. The van der Waals surface area contributed by atoms with E-state index in [0.717, 1.165) is 18.2 Å². The summed E-state index contributed by atoms with van der Waals surface area (Å²) in [4.78, 5) is 2.32. The van der Waals surface area contributed by atoms with Gasteiger partial charge in [0.25, 0.3) is 0 Å². The molecule has 0 heterocycles. The SMILES string of the molecule is Nc1cc(F)c(Cl)cc1N(CC1CC1)C1CC1. The average molecular weight is 255 g/mol. The van der Waals surface area contributed by atoms with Crippen LogP contribution < -0.4 is 10.6 Å². The van der Waals surface area contributed by atoms with E-state index < -0.39 is 5.82 Å². The number of benzene rings is 1. The first-order valence-corrected chi connectivity index (χ1v) is 6.54. The van der Waals surface area contributed by atoms with E-state index in [4.69, 9.17) is 17.3 Å². The Morgan fingerprint density at radius 2 is 2.00 bits per heavy atom. The van der Waals surface area contributed by atoms with Gasteiger partial charge in [-0.05, 0) is 37.7 Å². The van der Waals surface area contributed by atoms with Crippen LogP contribution in [0.2, 0.25) is 5.02 Å². The summed E-state index contributed by atoms with van der Waals surface area (Å²) in [5, 5.41) is 0.163. The second-order valence-corrected chi connectivity index (χ2v) is 5.56. The van der Waals surface area contributed by atoms with Crippen LogP contribution in [0.3, 0.4) is 0 Å². The van der Waals surface area contributed by atoms with Crippen LogP contribution in [0.5, 0.6) is 0 Å². The monoisotopic (exact) mass is 254 g/mol. The molecule has 2 N–H and O–H groups in total. The molecule has 2 nitrogen and oxygen atoms in total. The molecule has 17 heavy (non-hydrogen) atoms. The van der Waals surface area contributed by atoms with Crippen LogP contribution in [-0.4, -0.2) is 12.6 Å². The Balaban J connectivity index is 1.90. The van der Waals surface area contributed by atoms with E-state index in [1.807, 2.05) is 0 Å². The van der Waals surface area contributed by atoms with Crippen molar-refractivity contribution < 1.29 is 4.39 Å². The van der Waals surface area contributed by atoms with Gasteiger partial charge < -0.3 is 10.6 Å². The summed E-state index contributed by atoms with van der Waals surface area (Å²) < 4.78 is 13.3. The number of nitrogens with two attached hydrogens (primary N) is 1. The Labute approximate surface area is 106 Å². The third-order valence-electron chi connectivity index (χ3n) is 3.52. The van der Waals surface area contributed by atoms with Crippen LogP contribution in [0.4, 0.5) is 15.8 Å². The molecule has 1 aromatic carbocycles. The van der Waals surface area contributed by atoms with Gasteiger partial charge in [-0.3, -0.25) is 0 Å². The van der Waals surface area contributed by atoms with Crippen LogP contribution in [0.15, 0.2) is 12.1 Å². The quantitative estimate of drug-likeness (QED) is 0.834. The van der Waals surface area contributed by atoms with Gasteiger partial charge in [0, 0.05) is 18.7 Å². The van der Waals surface area contributed by atoms with Crippen molar-refractivity contribution in [2.24, 2.45) is 5.92 Å². The van der Waals surface area contributed by atoms with Crippen molar-refractivity contribution in [3.8, 4) is 0 Å². The summed E-state index contributed by atoms with van der Waals surface area (Å²) in [5.41, 5.74) is 7.32. The molecule has 0 saturated heterocycles. The van der Waals surface area contributed by atoms with Crippen molar-refractivity contribution in [3.63, 3.8) is 0 Å². The molecular weight excluding hydrogens is 239 g/mol. The molecule has 0 aliphatic heterocycles. The van der Waals surface area contributed by atoms with Gasteiger partial charge in [-0.15, -0.1) is 0 Å². The third-order valence-corrected chi connectivity index (χ3v) is 3.81. The fourth-order valence-electron chi connectivity index (χ4n) is 2.21. The summed E-state index contributed by atoms with van der Waals surface area (Å²) >= 11 is 5.85. The molecule has 0 spiro atoms. The fourth-order valence-corrected chi connectivity index (χ4v) is 2.37. The lowest BCUT2D eigenvalue weighted by Crippen LogP contribution is -2.28. The van der Waals surface area contributed by atoms with E-state index in [2.05, 4.69) is 4.90 Å². The fraction of sp³-hybridized carbons (Fsp3) is 0.538. The Morgan fingerprint density at radius 1 is 1.29 bits per heavy atom. The molecule has 0 amide bonds. The smallest absolute Gasteiger partial charge is 0.143 e. The molecule has 3 rings (SSSR count). The molecule has 0 unspecified atom stereocenters. The topological polar surface area (TPSA) is 29.3 Å². The van der Waals surface area contributed by atoms with Gasteiger partial charge >= 0.3 is 0 Å². The van der Waals surface area contributed by atoms with E-state index in [9.17, 15) is 4.39 Å². The zero-order valence-corrected chi connectivity index (χ0v) is 10.4.